The molecule has 0 aromatic heterocycles. The molecule has 0 atom stereocenters. The van der Waals surface area contributed by atoms with Gasteiger partial charge >= 0.3 is 5.97 Å². The van der Waals surface area contributed by atoms with Crippen molar-refractivity contribution in [2.45, 2.75) is 12.8 Å². The third kappa shape index (κ3) is 7.04. The first-order valence-electron chi connectivity index (χ1n) is 6.31. The Morgan fingerprint density at radius 3 is 2.60 bits per heavy atom. The van der Waals surface area contributed by atoms with E-state index in [2.05, 4.69) is 5.32 Å². The van der Waals surface area contributed by atoms with Gasteiger partial charge in [0.25, 0.3) is 0 Å². The molecule has 0 bridgehead atoms. The SMILES string of the molecule is COc1ccc(CCC(=O)NCCSCC(=O)O)cc1. The summed E-state index contributed by atoms with van der Waals surface area (Å²) >= 11 is 1.29. The zero-order valence-corrected chi connectivity index (χ0v) is 12.2. The molecule has 0 aliphatic carbocycles. The highest BCUT2D eigenvalue weighted by molar-refractivity contribution is 7.99. The third-order valence-electron chi connectivity index (χ3n) is 2.59. The van der Waals surface area contributed by atoms with Gasteiger partial charge in [-0.3, -0.25) is 9.59 Å². The Labute approximate surface area is 122 Å². The maximum absolute atomic E-state index is 11.6. The molecule has 0 aliphatic heterocycles. The number of ether oxygens (including phenoxy) is 1. The Kier molecular flexibility index (Phi) is 7.57. The number of carbonyl (C=O) groups is 2. The number of carbonyl (C=O) groups excluding carboxylic acids is 1. The summed E-state index contributed by atoms with van der Waals surface area (Å²) in [6.45, 7) is 0.499. The molecule has 0 spiro atoms. The van der Waals surface area contributed by atoms with E-state index in [1.165, 1.54) is 11.8 Å². The number of carboxylic acid groups (broad SMARTS) is 1. The normalized spacial score (nSPS) is 10.1. The lowest BCUT2D eigenvalue weighted by molar-refractivity contribution is -0.133. The number of benzene rings is 1. The number of thioether (sulfide) groups is 1. The molecule has 1 rings (SSSR count). The van der Waals surface area contributed by atoms with Crippen LogP contribution in [0.5, 0.6) is 5.75 Å². The maximum Gasteiger partial charge on any atom is 0.313 e. The lowest BCUT2D eigenvalue weighted by Crippen LogP contribution is -2.26. The second-order valence-electron chi connectivity index (χ2n) is 4.14. The number of carboxylic acids is 1. The molecule has 5 nitrogen and oxygen atoms in total. The van der Waals surface area contributed by atoms with Gasteiger partial charge in [0.1, 0.15) is 5.75 Å². The maximum atomic E-state index is 11.6. The molecule has 20 heavy (non-hydrogen) atoms. The molecule has 0 heterocycles. The zero-order chi connectivity index (χ0) is 14.8. The van der Waals surface area contributed by atoms with Crippen molar-refractivity contribution in [2.24, 2.45) is 0 Å². The highest BCUT2D eigenvalue weighted by Gasteiger charge is 2.03. The number of aliphatic carboxylic acids is 1. The molecular formula is C14H19NO4S. The molecule has 110 valence electrons. The quantitative estimate of drug-likeness (QED) is 0.677. The summed E-state index contributed by atoms with van der Waals surface area (Å²) < 4.78 is 5.06. The van der Waals surface area contributed by atoms with Gasteiger partial charge in [0.2, 0.25) is 5.91 Å². The number of rotatable bonds is 9. The van der Waals surface area contributed by atoms with Gasteiger partial charge in [-0.2, -0.15) is 0 Å². The summed E-state index contributed by atoms with van der Waals surface area (Å²) in [5.41, 5.74) is 1.08. The van der Waals surface area contributed by atoms with Crippen molar-refractivity contribution in [3.63, 3.8) is 0 Å². The first kappa shape index (κ1) is 16.4. The van der Waals surface area contributed by atoms with Crippen LogP contribution in [0.15, 0.2) is 24.3 Å². The summed E-state index contributed by atoms with van der Waals surface area (Å²) in [7, 11) is 1.62. The average molecular weight is 297 g/mol. The largest absolute Gasteiger partial charge is 0.497 e. The molecular weight excluding hydrogens is 278 g/mol. The van der Waals surface area contributed by atoms with Gasteiger partial charge in [0.15, 0.2) is 0 Å². The molecule has 0 fully saturated rings. The summed E-state index contributed by atoms with van der Waals surface area (Å²) in [4.78, 5) is 21.9. The molecule has 0 saturated heterocycles. The predicted molar refractivity (Wildman–Crippen MR) is 79.3 cm³/mol. The second kappa shape index (κ2) is 9.25. The number of nitrogens with one attached hydrogen (secondary N) is 1. The molecule has 6 heteroatoms. The predicted octanol–water partition coefficient (Wildman–Crippen LogP) is 1.56. The summed E-state index contributed by atoms with van der Waals surface area (Å²) in [6.07, 6.45) is 1.11. The van der Waals surface area contributed by atoms with Gasteiger partial charge in [-0.15, -0.1) is 11.8 Å². The topological polar surface area (TPSA) is 75.6 Å². The van der Waals surface area contributed by atoms with E-state index in [0.717, 1.165) is 11.3 Å². The van der Waals surface area contributed by atoms with Crippen LogP contribution in [0.25, 0.3) is 0 Å². The molecule has 1 amide bonds. The number of hydrogen-bond acceptors (Lipinski definition) is 4. The fourth-order valence-corrected chi connectivity index (χ4v) is 2.13. The van der Waals surface area contributed by atoms with E-state index in [-0.39, 0.29) is 11.7 Å². The van der Waals surface area contributed by atoms with E-state index in [9.17, 15) is 9.59 Å². The van der Waals surface area contributed by atoms with Gasteiger partial charge < -0.3 is 15.2 Å². The Morgan fingerprint density at radius 2 is 2.00 bits per heavy atom. The van der Waals surface area contributed by atoms with Crippen molar-refractivity contribution in [1.29, 1.82) is 0 Å². The first-order valence-corrected chi connectivity index (χ1v) is 7.46. The summed E-state index contributed by atoms with van der Waals surface area (Å²) in [5.74, 6) is 0.633. The Morgan fingerprint density at radius 1 is 1.30 bits per heavy atom. The number of hydrogen-bond donors (Lipinski definition) is 2. The van der Waals surface area contributed by atoms with Crippen LogP contribution in [-0.4, -0.2) is 42.1 Å². The van der Waals surface area contributed by atoms with Crippen molar-refractivity contribution in [3.8, 4) is 5.75 Å². The van der Waals surface area contributed by atoms with Gasteiger partial charge in [-0.25, -0.2) is 0 Å². The highest BCUT2D eigenvalue weighted by atomic mass is 32.2. The minimum absolute atomic E-state index is 0.0169. The Bertz CT molecular complexity index is 433. The van der Waals surface area contributed by atoms with Crippen LogP contribution in [0.2, 0.25) is 0 Å². The van der Waals surface area contributed by atoms with Crippen molar-refractivity contribution in [2.75, 3.05) is 25.2 Å². The second-order valence-corrected chi connectivity index (χ2v) is 5.25. The minimum atomic E-state index is -0.833. The molecule has 0 radical (unpaired) electrons. The number of aryl methyl sites for hydroxylation is 1. The summed E-state index contributed by atoms with van der Waals surface area (Å²) in [6, 6.07) is 7.62. The highest BCUT2D eigenvalue weighted by Crippen LogP contribution is 2.12. The van der Waals surface area contributed by atoms with E-state index >= 15 is 0 Å². The van der Waals surface area contributed by atoms with E-state index in [0.29, 0.717) is 25.1 Å². The number of methoxy groups -OCH3 is 1. The Balaban J connectivity index is 2.14. The standard InChI is InChI=1S/C14H19NO4S/c1-19-12-5-2-11(3-6-12)4-7-13(16)15-8-9-20-10-14(17)18/h2-3,5-6H,4,7-10H2,1H3,(H,15,16)(H,17,18). The molecule has 0 saturated carbocycles. The van der Waals surface area contributed by atoms with Crippen molar-refractivity contribution in [1.82, 2.24) is 5.32 Å². The molecule has 1 aromatic carbocycles. The van der Waals surface area contributed by atoms with Gasteiger partial charge in [0, 0.05) is 18.7 Å². The average Bonchev–Trinajstić information content (AvgIpc) is 2.45. The van der Waals surface area contributed by atoms with Gasteiger partial charge in [-0.1, -0.05) is 12.1 Å². The van der Waals surface area contributed by atoms with Crippen LogP contribution in [-0.2, 0) is 16.0 Å². The lowest BCUT2D eigenvalue weighted by Gasteiger charge is -2.05. The van der Waals surface area contributed by atoms with Crippen LogP contribution < -0.4 is 10.1 Å². The van der Waals surface area contributed by atoms with E-state index in [1.807, 2.05) is 24.3 Å². The molecule has 0 aliphatic rings. The fraction of sp³-hybridized carbons (Fsp3) is 0.429. The van der Waals surface area contributed by atoms with Crippen molar-refractivity contribution >= 4 is 23.6 Å². The first-order chi connectivity index (χ1) is 9.61. The minimum Gasteiger partial charge on any atom is -0.497 e. The van der Waals surface area contributed by atoms with Crippen LogP contribution in [0.4, 0.5) is 0 Å². The van der Waals surface area contributed by atoms with Gasteiger partial charge in [-0.05, 0) is 24.1 Å². The third-order valence-corrected chi connectivity index (χ3v) is 3.54. The summed E-state index contributed by atoms with van der Waals surface area (Å²) in [5, 5.41) is 11.2. The smallest absolute Gasteiger partial charge is 0.313 e. The lowest BCUT2D eigenvalue weighted by atomic mass is 10.1. The van der Waals surface area contributed by atoms with Gasteiger partial charge in [0.05, 0.1) is 12.9 Å². The Hall–Kier alpha value is -1.69. The molecule has 2 N–H and O–H groups in total. The van der Waals surface area contributed by atoms with Crippen LogP contribution in [0.3, 0.4) is 0 Å². The van der Waals surface area contributed by atoms with Crippen molar-refractivity contribution < 1.29 is 19.4 Å². The van der Waals surface area contributed by atoms with E-state index in [1.54, 1.807) is 7.11 Å². The fourth-order valence-electron chi connectivity index (χ4n) is 1.56. The van der Waals surface area contributed by atoms with Crippen LogP contribution >= 0.6 is 11.8 Å². The van der Waals surface area contributed by atoms with Crippen LogP contribution in [0, 0.1) is 0 Å². The van der Waals surface area contributed by atoms with E-state index in [4.69, 9.17) is 9.84 Å². The van der Waals surface area contributed by atoms with Crippen LogP contribution in [0.1, 0.15) is 12.0 Å². The molecule has 0 unspecified atom stereocenters. The number of amides is 1. The zero-order valence-electron chi connectivity index (χ0n) is 11.4. The van der Waals surface area contributed by atoms with Crippen molar-refractivity contribution in [3.05, 3.63) is 29.8 Å². The van der Waals surface area contributed by atoms with E-state index < -0.39 is 5.97 Å². The monoisotopic (exact) mass is 297 g/mol. The molecule has 1 aromatic rings.